The maximum Gasteiger partial charge on any atom is 0.338 e. The van der Waals surface area contributed by atoms with Gasteiger partial charge in [-0.3, -0.25) is 19.2 Å². The number of Topliss-reactive ketones (excluding diaryl/α,β-unsaturated/α-hetero) is 1. The molecule has 0 aliphatic carbocycles. The van der Waals surface area contributed by atoms with Gasteiger partial charge in [-0.15, -0.1) is 0 Å². The molecule has 0 saturated heterocycles. The molecular weight excluding hydrogens is 413 g/mol. The van der Waals surface area contributed by atoms with Crippen molar-refractivity contribution in [3.63, 3.8) is 0 Å². The Morgan fingerprint density at radius 3 is 2.48 bits per heavy atom. The number of fused-ring (bicyclic) bond motifs is 1. The Labute approximate surface area is 147 Å². The Balaban J connectivity index is 2.57. The van der Waals surface area contributed by atoms with E-state index in [0.717, 1.165) is 0 Å². The van der Waals surface area contributed by atoms with Crippen LogP contribution in [0, 0.1) is 0 Å². The van der Waals surface area contributed by atoms with Gasteiger partial charge in [-0.25, -0.2) is 9.98 Å². The van der Waals surface area contributed by atoms with E-state index in [9.17, 15) is 19.2 Å². The summed E-state index contributed by atoms with van der Waals surface area (Å²) in [5.41, 5.74) is -0.0860. The van der Waals surface area contributed by atoms with Gasteiger partial charge in [-0.1, -0.05) is 46.1 Å². The molecule has 1 N–H and O–H groups in total. The van der Waals surface area contributed by atoms with Crippen molar-refractivity contribution >= 4 is 68.3 Å². The maximum absolute atomic E-state index is 12.1. The number of nitrogens with one attached hydrogen (secondary N) is 1. The smallest absolute Gasteiger partial charge is 0.322 e. The lowest BCUT2D eigenvalue weighted by atomic mass is 10.2. The van der Waals surface area contributed by atoms with Gasteiger partial charge in [0, 0.05) is 6.42 Å². The summed E-state index contributed by atoms with van der Waals surface area (Å²) in [4.78, 5) is 52.4. The van der Waals surface area contributed by atoms with Crippen LogP contribution < -0.4 is 16.0 Å². The van der Waals surface area contributed by atoms with E-state index < -0.39 is 22.5 Å². The van der Waals surface area contributed by atoms with Crippen LogP contribution in [-0.2, 0) is 19.2 Å². The number of benzene rings is 1. The molecule has 120 valence electrons. The molecule has 0 spiro atoms. The van der Waals surface area contributed by atoms with Crippen LogP contribution in [0.25, 0.3) is 0 Å². The van der Waals surface area contributed by atoms with Crippen LogP contribution in [0.1, 0.15) is 13.3 Å². The topological polar surface area (TPSA) is 105 Å². The lowest BCUT2D eigenvalue weighted by Crippen LogP contribution is -2.39. The van der Waals surface area contributed by atoms with Crippen LogP contribution in [0.2, 0.25) is 10.0 Å². The molecule has 0 saturated carbocycles. The van der Waals surface area contributed by atoms with Gasteiger partial charge in [0.05, 0.1) is 21.1 Å². The van der Waals surface area contributed by atoms with Gasteiger partial charge in [-0.05, 0) is 6.07 Å². The second kappa shape index (κ2) is 6.86. The largest absolute Gasteiger partial charge is 0.338 e. The van der Waals surface area contributed by atoms with E-state index in [0.29, 0.717) is 0 Å². The highest BCUT2D eigenvalue weighted by molar-refractivity contribution is 9.10. The van der Waals surface area contributed by atoms with E-state index in [4.69, 9.17) is 23.2 Å². The SMILES string of the molecule is CCC(=O)C(Br)C(=O)Nc1c(Cl)c(Cl)cc2c1=NC(=O)C(=O)N=2. The van der Waals surface area contributed by atoms with E-state index in [2.05, 4.69) is 31.2 Å². The second-order valence-corrected chi connectivity index (χ2v) is 6.12. The zero-order chi connectivity index (χ0) is 17.3. The van der Waals surface area contributed by atoms with E-state index in [1.807, 2.05) is 0 Å². The monoisotopic (exact) mass is 419 g/mol. The number of carbonyl (C=O) groups is 4. The summed E-state index contributed by atoms with van der Waals surface area (Å²) in [6.45, 7) is 1.61. The van der Waals surface area contributed by atoms with Gasteiger partial charge in [0.2, 0.25) is 5.91 Å². The number of anilines is 1. The van der Waals surface area contributed by atoms with Gasteiger partial charge >= 0.3 is 11.8 Å². The fourth-order valence-corrected chi connectivity index (χ4v) is 2.56. The molecule has 7 nitrogen and oxygen atoms in total. The van der Waals surface area contributed by atoms with Crippen LogP contribution in [0.5, 0.6) is 0 Å². The van der Waals surface area contributed by atoms with Crippen molar-refractivity contribution < 1.29 is 19.2 Å². The number of halogens is 3. The number of hydrogen-bond acceptors (Lipinski definition) is 4. The lowest BCUT2D eigenvalue weighted by Gasteiger charge is -2.12. The second-order valence-electron chi connectivity index (χ2n) is 4.42. The zero-order valence-electron chi connectivity index (χ0n) is 11.5. The molecule has 10 heteroatoms. The Morgan fingerprint density at radius 1 is 1.26 bits per heavy atom. The third kappa shape index (κ3) is 3.49. The summed E-state index contributed by atoms with van der Waals surface area (Å²) < 4.78 is 0. The molecule has 1 aliphatic heterocycles. The first-order valence-corrected chi connectivity index (χ1v) is 7.94. The Bertz CT molecular complexity index is 869. The molecule has 0 bridgehead atoms. The molecule has 1 heterocycles. The minimum Gasteiger partial charge on any atom is -0.322 e. The fourth-order valence-electron chi connectivity index (χ4n) is 1.73. The first-order chi connectivity index (χ1) is 10.8. The van der Waals surface area contributed by atoms with E-state index in [-0.39, 0.29) is 38.7 Å². The number of ketones is 1. The summed E-state index contributed by atoms with van der Waals surface area (Å²) in [5.74, 6) is -3.19. The van der Waals surface area contributed by atoms with Crippen LogP contribution >= 0.6 is 39.1 Å². The number of hydrogen-bond donors (Lipinski definition) is 1. The number of nitrogens with zero attached hydrogens (tertiary/aromatic N) is 2. The van der Waals surface area contributed by atoms with Gasteiger partial charge in [0.15, 0.2) is 10.6 Å². The summed E-state index contributed by atoms with van der Waals surface area (Å²) in [6, 6.07) is 1.26. The highest BCUT2D eigenvalue weighted by Crippen LogP contribution is 2.26. The van der Waals surface area contributed by atoms with E-state index in [1.54, 1.807) is 6.92 Å². The van der Waals surface area contributed by atoms with Crippen LogP contribution in [0.4, 0.5) is 5.69 Å². The normalized spacial score (nSPS) is 14.4. The molecule has 1 atom stereocenters. The molecule has 1 aliphatic rings. The maximum atomic E-state index is 12.1. The Hall–Kier alpha value is -1.64. The molecule has 0 radical (unpaired) electrons. The molecule has 3 amide bonds. The molecule has 1 unspecified atom stereocenters. The standard InChI is InChI=1S/C13H8BrCl2N3O4/c1-2-6(20)7(14)11(21)19-10-8(16)4(15)3-5-9(10)18-13(23)12(22)17-5/h3,7H,2H2,1H3,(H,19,21). The van der Waals surface area contributed by atoms with Crippen LogP contribution in [0.15, 0.2) is 16.1 Å². The predicted molar refractivity (Wildman–Crippen MR) is 85.4 cm³/mol. The molecule has 23 heavy (non-hydrogen) atoms. The molecule has 1 aromatic carbocycles. The average molecular weight is 421 g/mol. The van der Waals surface area contributed by atoms with Crippen molar-refractivity contribution in [2.24, 2.45) is 9.98 Å². The lowest BCUT2D eigenvalue weighted by molar-refractivity contribution is -0.135. The summed E-state index contributed by atoms with van der Waals surface area (Å²) in [5, 5.41) is 2.24. The highest BCUT2D eigenvalue weighted by Gasteiger charge is 2.25. The number of alkyl halides is 1. The molecule has 0 aromatic heterocycles. The number of rotatable bonds is 4. The fraction of sp³-hybridized carbons (Fsp3) is 0.231. The van der Waals surface area contributed by atoms with Gasteiger partial charge < -0.3 is 5.32 Å². The van der Waals surface area contributed by atoms with E-state index in [1.165, 1.54) is 6.07 Å². The zero-order valence-corrected chi connectivity index (χ0v) is 14.6. The quantitative estimate of drug-likeness (QED) is 0.445. The van der Waals surface area contributed by atoms with E-state index >= 15 is 0 Å². The molecule has 0 fully saturated rings. The Morgan fingerprint density at radius 2 is 1.87 bits per heavy atom. The van der Waals surface area contributed by atoms with Crippen LogP contribution in [-0.4, -0.2) is 28.3 Å². The van der Waals surface area contributed by atoms with Crippen molar-refractivity contribution in [1.82, 2.24) is 0 Å². The minimum atomic E-state index is -1.10. The van der Waals surface area contributed by atoms with Crippen molar-refractivity contribution in [3.05, 3.63) is 26.8 Å². The first kappa shape index (κ1) is 17.7. The first-order valence-electron chi connectivity index (χ1n) is 6.27. The van der Waals surface area contributed by atoms with Crippen molar-refractivity contribution in [3.8, 4) is 0 Å². The van der Waals surface area contributed by atoms with Gasteiger partial charge in [-0.2, -0.15) is 0 Å². The van der Waals surface area contributed by atoms with Crippen molar-refractivity contribution in [1.29, 1.82) is 0 Å². The summed E-state index contributed by atoms with van der Waals surface area (Å²) in [6.07, 6.45) is 0.150. The number of amides is 3. The van der Waals surface area contributed by atoms with Gasteiger partial charge in [0.25, 0.3) is 0 Å². The molecule has 1 aromatic rings. The summed E-state index contributed by atoms with van der Waals surface area (Å²) >= 11 is 14.9. The van der Waals surface area contributed by atoms with Crippen LogP contribution in [0.3, 0.4) is 0 Å². The van der Waals surface area contributed by atoms with Crippen molar-refractivity contribution in [2.45, 2.75) is 18.2 Å². The van der Waals surface area contributed by atoms with Crippen molar-refractivity contribution in [2.75, 3.05) is 5.32 Å². The third-order valence-electron chi connectivity index (χ3n) is 2.90. The molecular formula is C13H8BrCl2N3O4. The third-order valence-corrected chi connectivity index (χ3v) is 4.61. The Kier molecular flexibility index (Phi) is 5.28. The minimum absolute atomic E-state index is 0.00670. The average Bonchev–Trinajstić information content (AvgIpc) is 2.52. The predicted octanol–water partition coefficient (Wildman–Crippen LogP) is 0.980. The molecule has 2 rings (SSSR count). The number of carbonyl (C=O) groups excluding carboxylic acids is 4. The highest BCUT2D eigenvalue weighted by atomic mass is 79.9. The van der Waals surface area contributed by atoms with Gasteiger partial charge in [0.1, 0.15) is 5.36 Å². The summed E-state index contributed by atoms with van der Waals surface area (Å²) in [7, 11) is 0.